The molecule has 1 saturated carbocycles. The lowest BCUT2D eigenvalue weighted by Crippen LogP contribution is -2.45. The Labute approximate surface area is 216 Å². The van der Waals surface area contributed by atoms with Gasteiger partial charge < -0.3 is 9.47 Å². The van der Waals surface area contributed by atoms with Crippen LogP contribution in [0.25, 0.3) is 0 Å². The molecule has 0 aromatic heterocycles. The van der Waals surface area contributed by atoms with Crippen LogP contribution in [0.15, 0.2) is 30.3 Å². The van der Waals surface area contributed by atoms with Gasteiger partial charge in [-0.15, -0.1) is 0 Å². The third-order valence-electron chi connectivity index (χ3n) is 7.20. The highest BCUT2D eigenvalue weighted by Gasteiger charge is 2.42. The zero-order valence-corrected chi connectivity index (χ0v) is 22.0. The number of hydrogen-bond donors (Lipinski definition) is 0. The van der Waals surface area contributed by atoms with Gasteiger partial charge in [-0.2, -0.15) is 0 Å². The average molecular weight is 520 g/mol. The van der Waals surface area contributed by atoms with E-state index in [1.807, 2.05) is 0 Å². The maximum Gasteiger partial charge on any atom is 0.341 e. The summed E-state index contributed by atoms with van der Waals surface area (Å²) in [6, 6.07) is 9.40. The van der Waals surface area contributed by atoms with E-state index in [1.54, 1.807) is 51.1 Å². The number of fused-ring (bicyclic) bond motifs is 2. The third kappa shape index (κ3) is 5.79. The van der Waals surface area contributed by atoms with Crippen molar-refractivity contribution in [3.63, 3.8) is 0 Å². The molecule has 2 aromatic rings. The molecular weight excluding hydrogens is 488 g/mol. The van der Waals surface area contributed by atoms with E-state index in [2.05, 4.69) is 4.90 Å². The Kier molecular flexibility index (Phi) is 6.80. The average Bonchev–Trinajstić information content (AvgIpc) is 3.53. The summed E-state index contributed by atoms with van der Waals surface area (Å²) in [6.45, 7) is 6.08. The highest BCUT2D eigenvalue weighted by Crippen LogP contribution is 2.45. The van der Waals surface area contributed by atoms with Crippen LogP contribution in [0.4, 0.5) is 4.39 Å². The minimum absolute atomic E-state index is 0.0424. The second-order valence-corrected chi connectivity index (χ2v) is 12.1. The summed E-state index contributed by atoms with van der Waals surface area (Å²) >= 11 is 12.3. The normalized spacial score (nSPS) is 24.5. The van der Waals surface area contributed by atoms with Crippen LogP contribution in [0.3, 0.4) is 0 Å². The van der Waals surface area contributed by atoms with Gasteiger partial charge in [0.1, 0.15) is 23.3 Å². The SMILES string of the molecule is CC(C)(C)OC(=O)c1cc(C2CC2)c(CN2[C@@H]3CC[C@H]2CC(Oc2cc(Cl)cc(Cl)c2)C3)cc1F. The molecule has 3 atom stereocenters. The van der Waals surface area contributed by atoms with Gasteiger partial charge in [0.15, 0.2) is 0 Å². The first-order valence-electron chi connectivity index (χ1n) is 12.5. The number of nitrogens with zero attached hydrogens (tertiary/aromatic N) is 1. The zero-order chi connectivity index (χ0) is 24.9. The van der Waals surface area contributed by atoms with Gasteiger partial charge in [-0.25, -0.2) is 9.18 Å². The van der Waals surface area contributed by atoms with Gasteiger partial charge in [0.05, 0.1) is 5.56 Å². The van der Waals surface area contributed by atoms with Crippen molar-refractivity contribution in [1.82, 2.24) is 4.90 Å². The third-order valence-corrected chi connectivity index (χ3v) is 7.63. The second-order valence-electron chi connectivity index (χ2n) is 11.2. The molecule has 1 aliphatic carbocycles. The molecule has 35 heavy (non-hydrogen) atoms. The topological polar surface area (TPSA) is 38.8 Å². The Morgan fingerprint density at radius 3 is 2.20 bits per heavy atom. The van der Waals surface area contributed by atoms with Crippen LogP contribution in [0.1, 0.15) is 86.7 Å². The van der Waals surface area contributed by atoms with Crippen molar-refractivity contribution in [2.24, 2.45) is 0 Å². The molecule has 3 fully saturated rings. The van der Waals surface area contributed by atoms with Crippen LogP contribution < -0.4 is 4.74 Å². The molecule has 2 bridgehead atoms. The Morgan fingerprint density at radius 2 is 1.63 bits per heavy atom. The van der Waals surface area contributed by atoms with E-state index < -0.39 is 17.4 Å². The minimum atomic E-state index is -0.663. The Hall–Kier alpha value is -1.82. The van der Waals surface area contributed by atoms with Gasteiger partial charge in [-0.3, -0.25) is 4.90 Å². The number of carbonyl (C=O) groups is 1. The molecule has 5 rings (SSSR count). The standard InChI is InChI=1S/C28H32Cl2FNO3/c1-28(2,3)35-27(33)25-14-24(16-4-5-16)17(8-26(25)31)15-32-20-6-7-21(32)13-23(12-20)34-22-10-18(29)9-19(30)11-22/h8-11,14,16,20-21,23H,4-7,12-13,15H2,1-3H3/t20-,21+,23?. The zero-order valence-electron chi connectivity index (χ0n) is 20.5. The van der Waals surface area contributed by atoms with Crippen LogP contribution in [0.2, 0.25) is 10.0 Å². The van der Waals surface area contributed by atoms with Crippen molar-refractivity contribution < 1.29 is 18.7 Å². The van der Waals surface area contributed by atoms with E-state index in [0.717, 1.165) is 49.7 Å². The van der Waals surface area contributed by atoms with Crippen molar-refractivity contribution >= 4 is 29.2 Å². The molecule has 3 aliphatic rings. The molecule has 2 aliphatic heterocycles. The Bertz CT molecular complexity index is 1090. The quantitative estimate of drug-likeness (QED) is 0.369. The highest BCUT2D eigenvalue weighted by molar-refractivity contribution is 6.34. The van der Waals surface area contributed by atoms with Crippen molar-refractivity contribution in [3.8, 4) is 5.75 Å². The summed E-state index contributed by atoms with van der Waals surface area (Å²) in [6.07, 6.45) is 6.31. The van der Waals surface area contributed by atoms with E-state index >= 15 is 4.39 Å². The van der Waals surface area contributed by atoms with Gasteiger partial charge in [-0.1, -0.05) is 23.2 Å². The van der Waals surface area contributed by atoms with Crippen LogP contribution in [0.5, 0.6) is 5.75 Å². The second kappa shape index (κ2) is 9.57. The fourth-order valence-corrected chi connectivity index (χ4v) is 6.10. The number of piperidine rings is 1. The van der Waals surface area contributed by atoms with Gasteiger partial charge in [0, 0.05) is 28.7 Å². The van der Waals surface area contributed by atoms with Gasteiger partial charge in [0.25, 0.3) is 0 Å². The molecule has 1 unspecified atom stereocenters. The largest absolute Gasteiger partial charge is 0.490 e. The van der Waals surface area contributed by atoms with E-state index in [9.17, 15) is 4.79 Å². The van der Waals surface area contributed by atoms with Crippen LogP contribution in [-0.2, 0) is 11.3 Å². The number of hydrogen-bond acceptors (Lipinski definition) is 4. The smallest absolute Gasteiger partial charge is 0.341 e. The van der Waals surface area contributed by atoms with Crippen LogP contribution >= 0.6 is 23.2 Å². The fraction of sp³-hybridized carbons (Fsp3) is 0.536. The molecule has 7 heteroatoms. The molecule has 4 nitrogen and oxygen atoms in total. The van der Waals surface area contributed by atoms with Crippen LogP contribution in [0, 0.1) is 5.82 Å². The molecule has 188 valence electrons. The molecule has 2 aromatic carbocycles. The summed E-state index contributed by atoms with van der Waals surface area (Å²) < 4.78 is 26.8. The maximum atomic E-state index is 15.1. The van der Waals surface area contributed by atoms with Crippen molar-refractivity contribution in [2.45, 2.75) is 95.5 Å². The minimum Gasteiger partial charge on any atom is -0.490 e. The van der Waals surface area contributed by atoms with Crippen molar-refractivity contribution in [3.05, 3.63) is 62.9 Å². The lowest BCUT2D eigenvalue weighted by atomic mass is 9.95. The summed E-state index contributed by atoms with van der Waals surface area (Å²) in [7, 11) is 0. The summed E-state index contributed by atoms with van der Waals surface area (Å²) in [5.41, 5.74) is 1.47. The van der Waals surface area contributed by atoms with Gasteiger partial charge >= 0.3 is 5.97 Å². The predicted molar refractivity (Wildman–Crippen MR) is 136 cm³/mol. The first-order chi connectivity index (χ1) is 16.6. The lowest BCUT2D eigenvalue weighted by molar-refractivity contribution is 0.00642. The molecule has 0 N–H and O–H groups in total. The van der Waals surface area contributed by atoms with Crippen molar-refractivity contribution in [1.29, 1.82) is 0 Å². The number of carbonyl (C=O) groups excluding carboxylic acids is 1. The molecular formula is C28H32Cl2FNO3. The van der Waals surface area contributed by atoms with Gasteiger partial charge in [0.2, 0.25) is 0 Å². The monoisotopic (exact) mass is 519 g/mol. The molecule has 2 heterocycles. The van der Waals surface area contributed by atoms with E-state index in [0.29, 0.717) is 40.3 Å². The number of rotatable bonds is 6. The maximum absolute atomic E-state index is 15.1. The highest BCUT2D eigenvalue weighted by atomic mass is 35.5. The lowest BCUT2D eigenvalue weighted by Gasteiger charge is -2.39. The summed E-state index contributed by atoms with van der Waals surface area (Å²) in [5, 5.41) is 1.13. The first-order valence-corrected chi connectivity index (χ1v) is 13.3. The fourth-order valence-electron chi connectivity index (χ4n) is 5.60. The van der Waals surface area contributed by atoms with E-state index in [-0.39, 0.29) is 11.7 Å². The first kappa shape index (κ1) is 24.9. The van der Waals surface area contributed by atoms with E-state index in [4.69, 9.17) is 32.7 Å². The van der Waals surface area contributed by atoms with Gasteiger partial charge in [-0.05, 0) is 107 Å². The number of halogens is 3. The van der Waals surface area contributed by atoms with E-state index in [1.165, 1.54) is 0 Å². The number of esters is 1. The summed E-state index contributed by atoms with van der Waals surface area (Å²) in [4.78, 5) is 15.1. The number of ether oxygens (including phenoxy) is 2. The number of benzene rings is 2. The van der Waals surface area contributed by atoms with Crippen molar-refractivity contribution in [2.75, 3.05) is 0 Å². The predicted octanol–water partition coefficient (Wildman–Crippen LogP) is 7.54. The Balaban J connectivity index is 1.31. The summed E-state index contributed by atoms with van der Waals surface area (Å²) in [5.74, 6) is 0.0127. The Morgan fingerprint density at radius 1 is 1.00 bits per heavy atom. The molecule has 2 saturated heterocycles. The van der Waals surface area contributed by atoms with Crippen LogP contribution in [-0.4, -0.2) is 34.7 Å². The molecule has 0 amide bonds. The molecule has 0 radical (unpaired) electrons. The molecule has 0 spiro atoms.